The fraction of sp³-hybridized carbons (Fsp3) is 0.500. The van der Waals surface area contributed by atoms with Gasteiger partial charge in [-0.25, -0.2) is 0 Å². The molecule has 0 radical (unpaired) electrons. The van der Waals surface area contributed by atoms with Crippen molar-refractivity contribution in [2.75, 3.05) is 6.54 Å². The summed E-state index contributed by atoms with van der Waals surface area (Å²) in [5.74, 6) is -1.66. The monoisotopic (exact) mass is 347 g/mol. The molecule has 1 aliphatic carbocycles. The molecule has 1 aromatic carbocycles. The second kappa shape index (κ2) is 4.76. The van der Waals surface area contributed by atoms with Gasteiger partial charge in [0, 0.05) is 23.0 Å². The molecule has 2 aliphatic rings. The Labute approximate surface area is 123 Å². The van der Waals surface area contributed by atoms with Crippen LogP contribution in [0.1, 0.15) is 29.9 Å². The lowest BCUT2D eigenvalue weighted by atomic mass is 9.88. The number of amides is 1. The van der Waals surface area contributed by atoms with Crippen molar-refractivity contribution in [3.63, 3.8) is 0 Å². The molecule has 0 unspecified atom stereocenters. The SMILES string of the molecule is O=C(N1CCC[C@@H]2c3ccc(Br)cc3C[C@@H]21)C(F)(F)F. The molecular weight excluding hydrogens is 335 g/mol. The van der Waals surface area contributed by atoms with E-state index in [9.17, 15) is 18.0 Å². The van der Waals surface area contributed by atoms with Gasteiger partial charge in [-0.15, -0.1) is 0 Å². The van der Waals surface area contributed by atoms with Crippen LogP contribution in [0.5, 0.6) is 0 Å². The highest BCUT2D eigenvalue weighted by Gasteiger charge is 2.49. The Balaban J connectivity index is 1.92. The van der Waals surface area contributed by atoms with Crippen LogP contribution in [0.3, 0.4) is 0 Å². The molecule has 1 aliphatic heterocycles. The molecule has 1 fully saturated rings. The van der Waals surface area contributed by atoms with Crippen LogP contribution in [-0.2, 0) is 11.2 Å². The van der Waals surface area contributed by atoms with Crippen LogP contribution in [0.2, 0.25) is 0 Å². The molecule has 108 valence electrons. The molecule has 1 aromatic rings. The van der Waals surface area contributed by atoms with E-state index in [4.69, 9.17) is 0 Å². The number of piperidine rings is 1. The van der Waals surface area contributed by atoms with Gasteiger partial charge in [-0.2, -0.15) is 13.2 Å². The van der Waals surface area contributed by atoms with Crippen LogP contribution >= 0.6 is 15.9 Å². The number of alkyl halides is 3. The van der Waals surface area contributed by atoms with Gasteiger partial charge in [0.15, 0.2) is 0 Å². The summed E-state index contributed by atoms with van der Waals surface area (Å²) in [5.41, 5.74) is 2.15. The molecule has 6 heteroatoms. The maximum atomic E-state index is 12.7. The third-order valence-corrected chi connectivity index (χ3v) is 4.71. The molecule has 3 rings (SSSR count). The van der Waals surface area contributed by atoms with Crippen molar-refractivity contribution in [2.45, 2.75) is 37.4 Å². The Hall–Kier alpha value is -1.04. The summed E-state index contributed by atoms with van der Waals surface area (Å²) in [7, 11) is 0. The molecule has 2 atom stereocenters. The standard InChI is InChI=1S/C14H13BrF3NO/c15-9-3-4-10-8(6-9)7-12-11(10)2-1-5-19(12)13(20)14(16,17)18/h3-4,6,11-12H,1-2,5,7H2/t11-,12+/m1/s1. The maximum absolute atomic E-state index is 12.7. The molecule has 1 heterocycles. The lowest BCUT2D eigenvalue weighted by Crippen LogP contribution is -2.51. The number of nitrogens with zero attached hydrogens (tertiary/aromatic N) is 1. The minimum Gasteiger partial charge on any atom is -0.331 e. The van der Waals surface area contributed by atoms with Gasteiger partial charge in [0.25, 0.3) is 0 Å². The van der Waals surface area contributed by atoms with Crippen molar-refractivity contribution in [3.8, 4) is 0 Å². The van der Waals surface area contributed by atoms with E-state index in [1.807, 2.05) is 18.2 Å². The first-order valence-electron chi connectivity index (χ1n) is 6.54. The van der Waals surface area contributed by atoms with Crippen molar-refractivity contribution in [3.05, 3.63) is 33.8 Å². The van der Waals surface area contributed by atoms with Crippen LogP contribution in [0.4, 0.5) is 13.2 Å². The minimum atomic E-state index is -4.78. The Morgan fingerprint density at radius 3 is 2.80 bits per heavy atom. The van der Waals surface area contributed by atoms with Crippen LogP contribution in [0.25, 0.3) is 0 Å². The number of likely N-dealkylation sites (tertiary alicyclic amines) is 1. The number of carbonyl (C=O) groups is 1. The van der Waals surface area contributed by atoms with Crippen molar-refractivity contribution >= 4 is 21.8 Å². The summed E-state index contributed by atoms with van der Waals surface area (Å²) in [6.45, 7) is 0.203. The summed E-state index contributed by atoms with van der Waals surface area (Å²) < 4.78 is 39.0. The zero-order valence-electron chi connectivity index (χ0n) is 10.6. The van der Waals surface area contributed by atoms with Crippen LogP contribution in [0, 0.1) is 0 Å². The normalized spacial score (nSPS) is 25.3. The summed E-state index contributed by atoms with van der Waals surface area (Å²) in [4.78, 5) is 12.6. The smallest absolute Gasteiger partial charge is 0.331 e. The van der Waals surface area contributed by atoms with E-state index >= 15 is 0 Å². The van der Waals surface area contributed by atoms with Crippen LogP contribution < -0.4 is 0 Å². The van der Waals surface area contributed by atoms with E-state index in [1.54, 1.807) is 0 Å². The zero-order chi connectivity index (χ0) is 14.5. The van der Waals surface area contributed by atoms with E-state index in [0.717, 1.165) is 26.9 Å². The van der Waals surface area contributed by atoms with Gasteiger partial charge in [0.05, 0.1) is 0 Å². The Morgan fingerprint density at radius 2 is 2.10 bits per heavy atom. The third-order valence-electron chi connectivity index (χ3n) is 4.22. The number of hydrogen-bond donors (Lipinski definition) is 0. The topological polar surface area (TPSA) is 20.3 Å². The summed E-state index contributed by atoms with van der Waals surface area (Å²) in [6.07, 6.45) is -2.79. The number of halogens is 4. The molecule has 2 nitrogen and oxygen atoms in total. The Morgan fingerprint density at radius 1 is 1.35 bits per heavy atom. The Bertz CT molecular complexity index is 558. The lowest BCUT2D eigenvalue weighted by Gasteiger charge is -2.38. The summed E-state index contributed by atoms with van der Waals surface area (Å²) >= 11 is 3.38. The lowest BCUT2D eigenvalue weighted by molar-refractivity contribution is -0.189. The average molecular weight is 348 g/mol. The maximum Gasteiger partial charge on any atom is 0.471 e. The molecule has 0 saturated carbocycles. The van der Waals surface area contributed by atoms with Gasteiger partial charge in [-0.05, 0) is 42.5 Å². The molecule has 1 amide bonds. The molecule has 0 aromatic heterocycles. The predicted octanol–water partition coefficient (Wildman–Crippen LogP) is 3.64. The highest BCUT2D eigenvalue weighted by atomic mass is 79.9. The summed E-state index contributed by atoms with van der Waals surface area (Å²) in [6, 6.07) is 5.48. The number of hydrogen-bond acceptors (Lipinski definition) is 1. The Kier molecular flexibility index (Phi) is 3.31. The first-order valence-corrected chi connectivity index (χ1v) is 7.33. The second-order valence-corrected chi connectivity index (χ2v) is 6.28. The van der Waals surface area contributed by atoms with E-state index in [1.165, 1.54) is 0 Å². The zero-order valence-corrected chi connectivity index (χ0v) is 12.2. The first-order chi connectivity index (χ1) is 9.38. The number of rotatable bonds is 0. The molecule has 20 heavy (non-hydrogen) atoms. The van der Waals surface area contributed by atoms with Crippen LogP contribution in [0.15, 0.2) is 22.7 Å². The van der Waals surface area contributed by atoms with Gasteiger partial charge in [0.1, 0.15) is 0 Å². The molecular formula is C14H13BrF3NO. The van der Waals surface area contributed by atoms with Crippen molar-refractivity contribution in [2.24, 2.45) is 0 Å². The fourth-order valence-corrected chi connectivity index (χ4v) is 3.83. The quantitative estimate of drug-likeness (QED) is 0.701. The van der Waals surface area contributed by atoms with E-state index in [0.29, 0.717) is 12.8 Å². The van der Waals surface area contributed by atoms with Gasteiger partial charge >= 0.3 is 12.1 Å². The first kappa shape index (κ1) is 13.9. The largest absolute Gasteiger partial charge is 0.471 e. The highest BCUT2D eigenvalue weighted by molar-refractivity contribution is 9.10. The average Bonchev–Trinajstić information content (AvgIpc) is 2.73. The van der Waals surface area contributed by atoms with E-state index in [2.05, 4.69) is 15.9 Å². The van der Waals surface area contributed by atoms with E-state index in [-0.39, 0.29) is 18.5 Å². The summed E-state index contributed by atoms with van der Waals surface area (Å²) in [5, 5.41) is 0. The predicted molar refractivity (Wildman–Crippen MR) is 71.4 cm³/mol. The number of fused-ring (bicyclic) bond motifs is 3. The fourth-order valence-electron chi connectivity index (χ4n) is 3.43. The third kappa shape index (κ3) is 2.24. The van der Waals surface area contributed by atoms with E-state index < -0.39 is 12.1 Å². The molecule has 0 spiro atoms. The molecule has 1 saturated heterocycles. The van der Waals surface area contributed by atoms with Crippen molar-refractivity contribution in [1.29, 1.82) is 0 Å². The highest BCUT2D eigenvalue weighted by Crippen LogP contribution is 2.43. The minimum absolute atomic E-state index is 0.0400. The van der Waals surface area contributed by atoms with Crippen molar-refractivity contribution < 1.29 is 18.0 Å². The van der Waals surface area contributed by atoms with Gasteiger partial charge in [0.2, 0.25) is 0 Å². The van der Waals surface area contributed by atoms with Gasteiger partial charge in [-0.3, -0.25) is 4.79 Å². The molecule has 0 N–H and O–H groups in total. The van der Waals surface area contributed by atoms with Crippen LogP contribution in [-0.4, -0.2) is 29.6 Å². The van der Waals surface area contributed by atoms with Crippen molar-refractivity contribution in [1.82, 2.24) is 4.90 Å². The molecule has 0 bridgehead atoms. The van der Waals surface area contributed by atoms with Gasteiger partial charge in [-0.1, -0.05) is 22.0 Å². The number of benzene rings is 1. The number of carbonyl (C=O) groups excluding carboxylic acids is 1. The second-order valence-electron chi connectivity index (χ2n) is 5.36. The van der Waals surface area contributed by atoms with Gasteiger partial charge < -0.3 is 4.90 Å².